The molecule has 1 fully saturated rings. The van der Waals surface area contributed by atoms with Gasteiger partial charge in [-0.25, -0.2) is 9.97 Å². The number of ether oxygens (including phenoxy) is 1. The average Bonchev–Trinajstić information content (AvgIpc) is 2.95. The van der Waals surface area contributed by atoms with Crippen molar-refractivity contribution in [3.63, 3.8) is 0 Å². The third-order valence-corrected chi connectivity index (χ3v) is 3.48. The van der Waals surface area contributed by atoms with Crippen LogP contribution >= 0.6 is 0 Å². The Morgan fingerprint density at radius 3 is 3.25 bits per heavy atom. The first-order valence-corrected chi connectivity index (χ1v) is 6.54. The number of hydrogen-bond donors (Lipinski definition) is 2. The quantitative estimate of drug-likeness (QED) is 0.816. The summed E-state index contributed by atoms with van der Waals surface area (Å²) in [5.41, 5.74) is 1.02. The molecule has 106 valence electrons. The van der Waals surface area contributed by atoms with Crippen LogP contribution in [-0.4, -0.2) is 62.8 Å². The first-order chi connectivity index (χ1) is 9.66. The fourth-order valence-electron chi connectivity index (χ4n) is 2.34. The predicted molar refractivity (Wildman–Crippen MR) is 71.2 cm³/mol. The highest BCUT2D eigenvalue weighted by molar-refractivity contribution is 6.03. The number of aromatic nitrogens is 3. The van der Waals surface area contributed by atoms with Crippen molar-refractivity contribution in [1.82, 2.24) is 19.9 Å². The van der Waals surface area contributed by atoms with Crippen LogP contribution in [0.1, 0.15) is 17.4 Å². The average molecular weight is 276 g/mol. The monoisotopic (exact) mass is 276 g/mol. The Hall–Kier alpha value is -1.99. The number of carbonyl (C=O) groups excluding carboxylic acids is 1. The number of aliphatic hydroxyl groups is 1. The van der Waals surface area contributed by atoms with E-state index in [1.54, 1.807) is 24.1 Å². The SMILES string of the molecule is C[C@@H](O)[C@@H]1CN(C(=O)c2ncnc3[nH]ccc23)CCO1. The largest absolute Gasteiger partial charge is 0.391 e. The van der Waals surface area contributed by atoms with Gasteiger partial charge in [-0.05, 0) is 13.0 Å². The summed E-state index contributed by atoms with van der Waals surface area (Å²) in [4.78, 5) is 25.4. The second-order valence-corrected chi connectivity index (χ2v) is 4.86. The zero-order valence-corrected chi connectivity index (χ0v) is 11.1. The molecule has 1 amide bonds. The molecule has 3 heterocycles. The predicted octanol–water partition coefficient (Wildman–Crippen LogP) is 0.180. The molecule has 2 atom stereocenters. The highest BCUT2D eigenvalue weighted by atomic mass is 16.5. The molecule has 1 aliphatic heterocycles. The van der Waals surface area contributed by atoms with E-state index in [1.165, 1.54) is 6.33 Å². The van der Waals surface area contributed by atoms with Gasteiger partial charge in [0.2, 0.25) is 0 Å². The van der Waals surface area contributed by atoms with E-state index in [0.29, 0.717) is 36.4 Å². The molecule has 0 unspecified atom stereocenters. The number of morpholine rings is 1. The summed E-state index contributed by atoms with van der Waals surface area (Å²) < 4.78 is 5.45. The van der Waals surface area contributed by atoms with Gasteiger partial charge in [0.25, 0.3) is 5.91 Å². The zero-order chi connectivity index (χ0) is 14.1. The number of aromatic amines is 1. The maximum atomic E-state index is 12.6. The van der Waals surface area contributed by atoms with Gasteiger partial charge in [-0.15, -0.1) is 0 Å². The minimum Gasteiger partial charge on any atom is -0.391 e. The molecule has 20 heavy (non-hydrogen) atoms. The van der Waals surface area contributed by atoms with Crippen LogP contribution in [0.4, 0.5) is 0 Å². The van der Waals surface area contributed by atoms with E-state index in [4.69, 9.17) is 4.74 Å². The highest BCUT2D eigenvalue weighted by Crippen LogP contribution is 2.17. The molecule has 2 aromatic heterocycles. The number of hydrogen-bond acceptors (Lipinski definition) is 5. The van der Waals surface area contributed by atoms with Gasteiger partial charge in [-0.2, -0.15) is 0 Å². The second-order valence-electron chi connectivity index (χ2n) is 4.86. The van der Waals surface area contributed by atoms with Gasteiger partial charge in [0.05, 0.1) is 18.1 Å². The molecule has 2 aromatic rings. The summed E-state index contributed by atoms with van der Waals surface area (Å²) in [5, 5.41) is 10.3. The van der Waals surface area contributed by atoms with Crippen LogP contribution < -0.4 is 0 Å². The maximum Gasteiger partial charge on any atom is 0.273 e. The van der Waals surface area contributed by atoms with E-state index in [-0.39, 0.29) is 12.0 Å². The Kier molecular flexibility index (Phi) is 3.37. The number of nitrogens with one attached hydrogen (secondary N) is 1. The fourth-order valence-corrected chi connectivity index (χ4v) is 2.34. The highest BCUT2D eigenvalue weighted by Gasteiger charge is 2.29. The number of fused-ring (bicyclic) bond motifs is 1. The van der Waals surface area contributed by atoms with Crippen LogP contribution in [0.3, 0.4) is 0 Å². The minimum atomic E-state index is -0.608. The number of rotatable bonds is 2. The molecule has 0 saturated carbocycles. The van der Waals surface area contributed by atoms with Gasteiger partial charge in [-0.3, -0.25) is 4.79 Å². The summed E-state index contributed by atoms with van der Waals surface area (Å²) in [5.74, 6) is -0.161. The van der Waals surface area contributed by atoms with Gasteiger partial charge < -0.3 is 19.7 Å². The van der Waals surface area contributed by atoms with Gasteiger partial charge >= 0.3 is 0 Å². The molecule has 0 spiro atoms. The topological polar surface area (TPSA) is 91.3 Å². The van der Waals surface area contributed by atoms with Crippen molar-refractivity contribution in [2.75, 3.05) is 19.7 Å². The lowest BCUT2D eigenvalue weighted by Crippen LogP contribution is -2.49. The molecule has 0 aliphatic carbocycles. The van der Waals surface area contributed by atoms with E-state index in [2.05, 4.69) is 15.0 Å². The summed E-state index contributed by atoms with van der Waals surface area (Å²) in [6.07, 6.45) is 2.15. The lowest BCUT2D eigenvalue weighted by Gasteiger charge is -2.34. The smallest absolute Gasteiger partial charge is 0.273 e. The van der Waals surface area contributed by atoms with Crippen molar-refractivity contribution < 1.29 is 14.6 Å². The number of carbonyl (C=O) groups is 1. The van der Waals surface area contributed by atoms with Crippen LogP contribution in [0.2, 0.25) is 0 Å². The van der Waals surface area contributed by atoms with E-state index >= 15 is 0 Å². The molecule has 1 saturated heterocycles. The van der Waals surface area contributed by atoms with Gasteiger partial charge in [0.1, 0.15) is 23.8 Å². The fraction of sp³-hybridized carbons (Fsp3) is 0.462. The lowest BCUT2D eigenvalue weighted by molar-refractivity contribution is -0.0745. The molecule has 7 heteroatoms. The summed E-state index contributed by atoms with van der Waals surface area (Å²) in [6.45, 7) is 2.95. The van der Waals surface area contributed by atoms with E-state index < -0.39 is 6.10 Å². The molecule has 3 rings (SSSR count). The Balaban J connectivity index is 1.87. The lowest BCUT2D eigenvalue weighted by atomic mass is 10.1. The van der Waals surface area contributed by atoms with Crippen LogP contribution in [0.25, 0.3) is 11.0 Å². The van der Waals surface area contributed by atoms with E-state index in [0.717, 1.165) is 0 Å². The van der Waals surface area contributed by atoms with Crippen LogP contribution in [0.15, 0.2) is 18.6 Å². The minimum absolute atomic E-state index is 0.161. The van der Waals surface area contributed by atoms with Gasteiger partial charge in [-0.1, -0.05) is 0 Å². The third kappa shape index (κ3) is 2.25. The number of H-pyrrole nitrogens is 1. The summed E-state index contributed by atoms with van der Waals surface area (Å²) in [7, 11) is 0. The third-order valence-electron chi connectivity index (χ3n) is 3.48. The molecule has 2 N–H and O–H groups in total. The Morgan fingerprint density at radius 1 is 1.60 bits per heavy atom. The van der Waals surface area contributed by atoms with Gasteiger partial charge in [0.15, 0.2) is 0 Å². The number of aliphatic hydroxyl groups excluding tert-OH is 1. The molecule has 0 bridgehead atoms. The second kappa shape index (κ2) is 5.18. The van der Waals surface area contributed by atoms with Crippen molar-refractivity contribution in [3.8, 4) is 0 Å². The first kappa shape index (κ1) is 13.0. The molecule has 0 radical (unpaired) electrons. The molecular weight excluding hydrogens is 260 g/mol. The number of nitrogens with zero attached hydrogens (tertiary/aromatic N) is 3. The van der Waals surface area contributed by atoms with Crippen molar-refractivity contribution in [2.45, 2.75) is 19.1 Å². The van der Waals surface area contributed by atoms with E-state index in [1.807, 2.05) is 0 Å². The summed E-state index contributed by atoms with van der Waals surface area (Å²) >= 11 is 0. The molecular formula is C13H16N4O3. The van der Waals surface area contributed by atoms with Crippen molar-refractivity contribution in [3.05, 3.63) is 24.3 Å². The molecule has 1 aliphatic rings. The van der Waals surface area contributed by atoms with Crippen LogP contribution in [-0.2, 0) is 4.74 Å². The Labute approximate surface area is 115 Å². The Bertz CT molecular complexity index is 625. The van der Waals surface area contributed by atoms with Crippen molar-refractivity contribution >= 4 is 16.9 Å². The number of amides is 1. The standard InChI is InChI=1S/C13H16N4O3/c1-8(18)10-6-17(4-5-20-10)13(19)11-9-2-3-14-12(9)16-7-15-11/h2-3,7-8,10,18H,4-6H2,1H3,(H,14,15,16)/t8-,10+/m1/s1. The Morgan fingerprint density at radius 2 is 2.45 bits per heavy atom. The van der Waals surface area contributed by atoms with Crippen molar-refractivity contribution in [2.24, 2.45) is 0 Å². The molecule has 7 nitrogen and oxygen atoms in total. The maximum absolute atomic E-state index is 12.6. The van der Waals surface area contributed by atoms with Gasteiger partial charge in [0, 0.05) is 19.3 Å². The zero-order valence-electron chi connectivity index (χ0n) is 11.1. The summed E-state index contributed by atoms with van der Waals surface area (Å²) in [6, 6.07) is 1.79. The first-order valence-electron chi connectivity index (χ1n) is 6.54. The molecule has 0 aromatic carbocycles. The van der Waals surface area contributed by atoms with Crippen LogP contribution in [0.5, 0.6) is 0 Å². The van der Waals surface area contributed by atoms with Crippen molar-refractivity contribution in [1.29, 1.82) is 0 Å². The normalized spacial score (nSPS) is 21.1. The van der Waals surface area contributed by atoms with E-state index in [9.17, 15) is 9.90 Å². The van der Waals surface area contributed by atoms with Crippen LogP contribution in [0, 0.1) is 0 Å².